The van der Waals surface area contributed by atoms with E-state index in [4.69, 9.17) is 11.5 Å². The minimum absolute atomic E-state index is 0.0196. The Bertz CT molecular complexity index is 371. The van der Waals surface area contributed by atoms with Crippen molar-refractivity contribution >= 4 is 11.9 Å². The first-order chi connectivity index (χ1) is 10.9. The van der Waals surface area contributed by atoms with Gasteiger partial charge in [-0.15, -0.1) is 0 Å². The number of unbranched alkanes of at least 4 members (excludes halogenated alkanes) is 3. The fraction of sp³-hybridized carbons (Fsp3) is 0.889. The monoisotopic (exact) mass is 344 g/mol. The van der Waals surface area contributed by atoms with Gasteiger partial charge in [0, 0.05) is 0 Å². The van der Waals surface area contributed by atoms with Gasteiger partial charge in [-0.1, -0.05) is 60.3 Å². The molecule has 0 saturated carbocycles. The van der Waals surface area contributed by atoms with Gasteiger partial charge in [0.05, 0.1) is 5.54 Å². The van der Waals surface area contributed by atoms with E-state index in [0.29, 0.717) is 13.0 Å². The molecule has 1 unspecified atom stereocenters. The summed E-state index contributed by atoms with van der Waals surface area (Å²) >= 11 is 0. The average Bonchev–Trinajstić information content (AvgIpc) is 2.39. The number of hydrogen-bond acceptors (Lipinski definition) is 3. The third kappa shape index (κ3) is 12.2. The predicted molar refractivity (Wildman–Crippen MR) is 103 cm³/mol. The number of nitrogens with zero attached hydrogens (tertiary/aromatic N) is 1. The van der Waals surface area contributed by atoms with E-state index in [-0.39, 0.29) is 5.96 Å². The second-order valence-electron chi connectivity index (χ2n) is 7.55. The smallest absolute Gasteiger partial charge is 0.321 e. The van der Waals surface area contributed by atoms with E-state index in [0.717, 1.165) is 0 Å². The summed E-state index contributed by atoms with van der Waals surface area (Å²) in [5, 5.41) is 12.3. The Hall–Kier alpha value is -1.30. The molecule has 1 atom stereocenters. The molecule has 0 aromatic carbocycles. The minimum atomic E-state index is -0.859. The summed E-state index contributed by atoms with van der Waals surface area (Å²) in [6.45, 7) is 14.5. The first-order valence-corrected chi connectivity index (χ1v) is 9.00. The van der Waals surface area contributed by atoms with Crippen molar-refractivity contribution in [1.82, 2.24) is 5.32 Å². The maximum atomic E-state index is 11.3. The number of aliphatic imine (C=N–C) groups is 1. The molecule has 0 aliphatic carbocycles. The van der Waals surface area contributed by atoms with E-state index in [1.54, 1.807) is 0 Å². The molecule has 6 heteroatoms. The summed E-state index contributed by atoms with van der Waals surface area (Å²) in [7, 11) is 0. The van der Waals surface area contributed by atoms with Crippen LogP contribution >= 0.6 is 0 Å². The Kier molecular flexibility index (Phi) is 12.6. The Morgan fingerprint density at radius 1 is 1.08 bits per heavy atom. The van der Waals surface area contributed by atoms with Crippen molar-refractivity contribution in [3.63, 3.8) is 0 Å². The number of hydrogen-bond donors (Lipinski definition) is 4. The fourth-order valence-corrected chi connectivity index (χ4v) is 3.01. The van der Waals surface area contributed by atoms with E-state index in [9.17, 15) is 9.90 Å². The van der Waals surface area contributed by atoms with Gasteiger partial charge in [-0.3, -0.25) is 4.79 Å². The van der Waals surface area contributed by atoms with Gasteiger partial charge in [0.25, 0.3) is 0 Å². The zero-order valence-corrected chi connectivity index (χ0v) is 16.8. The van der Waals surface area contributed by atoms with Crippen LogP contribution in [0.3, 0.4) is 0 Å². The number of likely N-dealkylation sites (N-methyl/N-ethyl adjacent to an activating group) is 1. The Labute approximate surface area is 148 Å². The third-order valence-electron chi connectivity index (χ3n) is 3.71. The summed E-state index contributed by atoms with van der Waals surface area (Å²) in [4.78, 5) is 15.4. The van der Waals surface area contributed by atoms with Crippen LogP contribution in [0, 0.1) is 5.41 Å². The number of rotatable bonds is 10. The van der Waals surface area contributed by atoms with Crippen LogP contribution in [0.1, 0.15) is 80.6 Å². The lowest BCUT2D eigenvalue weighted by Crippen LogP contribution is -2.50. The van der Waals surface area contributed by atoms with Crippen LogP contribution in [0.2, 0.25) is 0 Å². The first kappa shape index (κ1) is 24.9. The molecule has 0 amide bonds. The topological polar surface area (TPSA) is 114 Å². The van der Waals surface area contributed by atoms with Crippen molar-refractivity contribution in [3.05, 3.63) is 0 Å². The molecule has 0 rings (SSSR count). The molecule has 0 aliphatic rings. The number of carbonyl (C=O) groups is 1. The molecule has 144 valence electrons. The number of aliphatic carboxylic acids is 1. The molecule has 0 fully saturated rings. The van der Waals surface area contributed by atoms with Gasteiger partial charge in [-0.25, -0.2) is 4.99 Å². The first-order valence-electron chi connectivity index (χ1n) is 9.00. The molecule has 0 radical (unpaired) electrons. The summed E-state index contributed by atoms with van der Waals surface area (Å²) in [6.07, 6.45) is 6.09. The van der Waals surface area contributed by atoms with Crippen LogP contribution in [-0.2, 0) is 4.79 Å². The van der Waals surface area contributed by atoms with Crippen LogP contribution in [0.4, 0.5) is 0 Å². The zero-order chi connectivity index (χ0) is 19.4. The Balaban J connectivity index is 0. The van der Waals surface area contributed by atoms with E-state index in [1.807, 2.05) is 34.6 Å². The molecule has 0 aromatic heterocycles. The highest BCUT2D eigenvalue weighted by Crippen LogP contribution is 2.33. The molecule has 0 aliphatic heterocycles. The second-order valence-corrected chi connectivity index (χ2v) is 7.55. The van der Waals surface area contributed by atoms with Crippen molar-refractivity contribution in [2.45, 2.75) is 92.2 Å². The Morgan fingerprint density at radius 2 is 1.54 bits per heavy atom. The predicted octanol–water partition coefficient (Wildman–Crippen LogP) is 3.10. The van der Waals surface area contributed by atoms with Crippen LogP contribution in [0.5, 0.6) is 0 Å². The average molecular weight is 345 g/mol. The number of guanidine groups is 1. The molecular weight excluding hydrogens is 304 g/mol. The molecule has 0 heterocycles. The summed E-state index contributed by atoms with van der Waals surface area (Å²) in [5.74, 6) is -0.839. The molecule has 0 saturated heterocycles. The zero-order valence-electron chi connectivity index (χ0n) is 16.8. The summed E-state index contributed by atoms with van der Waals surface area (Å²) in [5.41, 5.74) is 9.81. The molecular formula is C18H40N4O2. The van der Waals surface area contributed by atoms with E-state index in [1.165, 1.54) is 25.7 Å². The highest BCUT2D eigenvalue weighted by atomic mass is 16.4. The van der Waals surface area contributed by atoms with Crippen molar-refractivity contribution in [2.75, 3.05) is 6.54 Å². The number of carboxylic acid groups (broad SMARTS) is 1. The van der Waals surface area contributed by atoms with Crippen molar-refractivity contribution in [3.8, 4) is 0 Å². The minimum Gasteiger partial charge on any atom is -0.480 e. The molecule has 24 heavy (non-hydrogen) atoms. The Morgan fingerprint density at radius 3 is 1.83 bits per heavy atom. The number of carboxylic acids is 1. The lowest BCUT2D eigenvalue weighted by molar-refractivity contribution is -0.143. The maximum absolute atomic E-state index is 11.3. The lowest BCUT2D eigenvalue weighted by Gasteiger charge is -2.37. The largest absolute Gasteiger partial charge is 0.480 e. The van der Waals surface area contributed by atoms with Gasteiger partial charge in [0.15, 0.2) is 5.96 Å². The number of nitrogens with one attached hydrogen (secondary N) is 1. The second kappa shape index (κ2) is 12.1. The standard InChI is InChI=1S/C12H26N4O2.C6H14/c1-6-15-8(9(17)18)11(2,3)7-12(4,5)16-10(13)14;1-3-5-6-4-2/h8,15H,6-7H2,1-5H3,(H,17,18)(H4,13,14,16);3-6H2,1-2H3. The highest BCUT2D eigenvalue weighted by Gasteiger charge is 2.39. The van der Waals surface area contributed by atoms with Crippen molar-refractivity contribution in [2.24, 2.45) is 21.9 Å². The highest BCUT2D eigenvalue weighted by molar-refractivity contribution is 5.76. The molecule has 6 N–H and O–H groups in total. The van der Waals surface area contributed by atoms with Crippen LogP contribution < -0.4 is 16.8 Å². The molecule has 0 aromatic rings. The summed E-state index contributed by atoms with van der Waals surface area (Å²) in [6, 6.07) is -0.629. The van der Waals surface area contributed by atoms with Crippen LogP contribution in [0.25, 0.3) is 0 Å². The van der Waals surface area contributed by atoms with Crippen molar-refractivity contribution < 1.29 is 9.90 Å². The lowest BCUT2D eigenvalue weighted by atomic mass is 9.75. The summed E-state index contributed by atoms with van der Waals surface area (Å²) < 4.78 is 0. The van der Waals surface area contributed by atoms with Crippen LogP contribution in [-0.4, -0.2) is 35.2 Å². The SMILES string of the molecule is CCCCCC.CCNC(C(=O)O)C(C)(C)CC(C)(C)N=C(N)N. The van der Waals surface area contributed by atoms with Crippen molar-refractivity contribution in [1.29, 1.82) is 0 Å². The number of nitrogens with two attached hydrogens (primary N) is 2. The third-order valence-corrected chi connectivity index (χ3v) is 3.71. The molecule has 6 nitrogen and oxygen atoms in total. The normalized spacial score (nSPS) is 12.8. The molecule has 0 bridgehead atoms. The van der Waals surface area contributed by atoms with Crippen LogP contribution in [0.15, 0.2) is 4.99 Å². The van der Waals surface area contributed by atoms with Gasteiger partial charge >= 0.3 is 5.97 Å². The van der Waals surface area contributed by atoms with Gasteiger partial charge in [-0.05, 0) is 32.2 Å². The quantitative estimate of drug-likeness (QED) is 0.276. The van der Waals surface area contributed by atoms with Gasteiger partial charge < -0.3 is 21.9 Å². The van der Waals surface area contributed by atoms with Gasteiger partial charge in [-0.2, -0.15) is 0 Å². The van der Waals surface area contributed by atoms with Gasteiger partial charge in [0.1, 0.15) is 6.04 Å². The van der Waals surface area contributed by atoms with Gasteiger partial charge in [0.2, 0.25) is 0 Å². The van der Waals surface area contributed by atoms with E-state index >= 15 is 0 Å². The fourth-order valence-electron chi connectivity index (χ4n) is 3.01. The van der Waals surface area contributed by atoms with E-state index in [2.05, 4.69) is 24.2 Å². The van der Waals surface area contributed by atoms with E-state index < -0.39 is 23.0 Å². The maximum Gasteiger partial charge on any atom is 0.321 e. The molecule has 0 spiro atoms.